The monoisotopic (exact) mass is 491 g/mol. The summed E-state index contributed by atoms with van der Waals surface area (Å²) in [4.78, 5) is 14.7. The Bertz CT molecular complexity index is 1090. The fourth-order valence-corrected chi connectivity index (χ4v) is 4.03. The van der Waals surface area contributed by atoms with Gasteiger partial charge in [0.05, 0.1) is 38.6 Å². The van der Waals surface area contributed by atoms with Gasteiger partial charge in [-0.05, 0) is 35.9 Å². The lowest BCUT2D eigenvalue weighted by molar-refractivity contribution is -0.117. The second kappa shape index (κ2) is 12.5. The number of allylic oxidation sites excluding steroid dienone is 1. The van der Waals surface area contributed by atoms with E-state index in [1.807, 2.05) is 18.2 Å². The molecule has 0 atom stereocenters. The van der Waals surface area contributed by atoms with Crippen LogP contribution in [0.4, 0.5) is 18.9 Å². The first kappa shape index (κ1) is 26.5. The van der Waals surface area contributed by atoms with Crippen LogP contribution in [0.25, 0.3) is 16.3 Å². The molecule has 7 nitrogen and oxygen atoms in total. The standard InChI is InChI=1S/C25H28F3N3O4/c26-25(27,28)23(21(17-29)24(33)30-8-12-34-14-15-35-13-11-32)19-7-6-18-4-3-5-22(20(18)16-19)31-9-1-2-10-31/h3-7,16,32H,1-2,8-15H2,(H,30,33)/b23-21-. The predicted molar refractivity (Wildman–Crippen MR) is 126 cm³/mol. The Morgan fingerprint density at radius 3 is 2.46 bits per heavy atom. The summed E-state index contributed by atoms with van der Waals surface area (Å²) in [5.41, 5.74) is -1.66. The number of alkyl halides is 3. The number of carbonyl (C=O) groups is 1. The van der Waals surface area contributed by atoms with Crippen LogP contribution in [0.2, 0.25) is 0 Å². The predicted octanol–water partition coefficient (Wildman–Crippen LogP) is 3.42. The number of ether oxygens (including phenoxy) is 2. The number of amides is 1. The topological polar surface area (TPSA) is 94.8 Å². The summed E-state index contributed by atoms with van der Waals surface area (Å²) in [5.74, 6) is -1.12. The first-order chi connectivity index (χ1) is 16.9. The minimum atomic E-state index is -4.92. The lowest BCUT2D eigenvalue weighted by atomic mass is 9.95. The molecule has 0 spiro atoms. The molecule has 1 amide bonds. The van der Waals surface area contributed by atoms with E-state index < -0.39 is 23.2 Å². The van der Waals surface area contributed by atoms with Crippen LogP contribution in [-0.4, -0.2) is 69.9 Å². The first-order valence-corrected chi connectivity index (χ1v) is 11.4. The van der Waals surface area contributed by atoms with Crippen LogP contribution < -0.4 is 10.2 Å². The van der Waals surface area contributed by atoms with Crippen molar-refractivity contribution in [1.82, 2.24) is 5.32 Å². The van der Waals surface area contributed by atoms with Crippen LogP contribution in [0.1, 0.15) is 18.4 Å². The third-order valence-electron chi connectivity index (χ3n) is 5.61. The molecule has 2 N–H and O–H groups in total. The summed E-state index contributed by atoms with van der Waals surface area (Å²) in [6, 6.07) is 11.3. The van der Waals surface area contributed by atoms with E-state index in [-0.39, 0.29) is 45.1 Å². The Balaban J connectivity index is 1.84. The average Bonchev–Trinajstić information content (AvgIpc) is 3.37. The molecule has 0 unspecified atom stereocenters. The zero-order chi connectivity index (χ0) is 25.3. The lowest BCUT2D eigenvalue weighted by Gasteiger charge is -2.21. The van der Waals surface area contributed by atoms with Crippen molar-refractivity contribution in [2.75, 3.05) is 57.6 Å². The van der Waals surface area contributed by atoms with Crippen LogP contribution in [0.5, 0.6) is 0 Å². The Kier molecular flexibility index (Phi) is 9.48. The van der Waals surface area contributed by atoms with Crippen LogP contribution in [0, 0.1) is 11.3 Å². The average molecular weight is 492 g/mol. The molecule has 0 aliphatic carbocycles. The number of fused-ring (bicyclic) bond motifs is 1. The van der Waals surface area contributed by atoms with Crippen molar-refractivity contribution in [3.05, 3.63) is 47.5 Å². The van der Waals surface area contributed by atoms with E-state index in [4.69, 9.17) is 14.6 Å². The van der Waals surface area contributed by atoms with Gasteiger partial charge in [0.1, 0.15) is 11.6 Å². The number of rotatable bonds is 11. The van der Waals surface area contributed by atoms with Crippen molar-refractivity contribution in [1.29, 1.82) is 5.26 Å². The molecule has 1 fully saturated rings. The van der Waals surface area contributed by atoms with Crippen LogP contribution >= 0.6 is 0 Å². The third kappa shape index (κ3) is 6.94. The summed E-state index contributed by atoms with van der Waals surface area (Å²) in [7, 11) is 0. The molecule has 0 saturated carbocycles. The number of anilines is 1. The zero-order valence-electron chi connectivity index (χ0n) is 19.2. The van der Waals surface area contributed by atoms with E-state index in [1.165, 1.54) is 18.2 Å². The summed E-state index contributed by atoms with van der Waals surface area (Å²) < 4.78 is 52.7. The van der Waals surface area contributed by atoms with Crippen molar-refractivity contribution in [2.24, 2.45) is 0 Å². The molecule has 2 aromatic carbocycles. The van der Waals surface area contributed by atoms with Gasteiger partial charge in [-0.15, -0.1) is 0 Å². The summed E-state index contributed by atoms with van der Waals surface area (Å²) >= 11 is 0. The Labute approximate surface area is 201 Å². The van der Waals surface area contributed by atoms with Crippen molar-refractivity contribution in [3.63, 3.8) is 0 Å². The summed E-state index contributed by atoms with van der Waals surface area (Å²) in [5, 5.41) is 21.9. The molecule has 1 aliphatic rings. The highest BCUT2D eigenvalue weighted by atomic mass is 19.4. The quantitative estimate of drug-likeness (QED) is 0.284. The molecule has 3 rings (SSSR count). The molecule has 0 radical (unpaired) electrons. The normalized spacial score (nSPS) is 14.7. The Morgan fingerprint density at radius 2 is 1.80 bits per heavy atom. The van der Waals surface area contributed by atoms with Gasteiger partial charge in [-0.1, -0.05) is 24.3 Å². The fraction of sp³-hybridized carbons (Fsp3) is 0.440. The maximum absolute atomic E-state index is 14.1. The molecule has 0 aromatic heterocycles. The molecule has 35 heavy (non-hydrogen) atoms. The number of carbonyl (C=O) groups excluding carboxylic acids is 1. The molecular formula is C25H28F3N3O4. The van der Waals surface area contributed by atoms with Gasteiger partial charge in [0.25, 0.3) is 5.91 Å². The minimum absolute atomic E-state index is 0.0312. The van der Waals surface area contributed by atoms with E-state index in [0.29, 0.717) is 5.39 Å². The highest BCUT2D eigenvalue weighted by Crippen LogP contribution is 2.39. The molecule has 1 aliphatic heterocycles. The Hall–Kier alpha value is -3.13. The lowest BCUT2D eigenvalue weighted by Crippen LogP contribution is -2.30. The van der Waals surface area contributed by atoms with Crippen molar-refractivity contribution in [2.45, 2.75) is 19.0 Å². The number of halogens is 3. The Morgan fingerprint density at radius 1 is 1.09 bits per heavy atom. The summed E-state index contributed by atoms with van der Waals surface area (Å²) in [6.07, 6.45) is -2.89. The number of aliphatic hydroxyl groups is 1. The van der Waals surface area contributed by atoms with Gasteiger partial charge in [0, 0.05) is 30.7 Å². The fourth-order valence-electron chi connectivity index (χ4n) is 4.03. The van der Waals surface area contributed by atoms with Gasteiger partial charge in [0.2, 0.25) is 0 Å². The highest BCUT2D eigenvalue weighted by Gasteiger charge is 2.39. The molecule has 10 heteroatoms. The number of nitrogens with one attached hydrogen (secondary N) is 1. The van der Waals surface area contributed by atoms with E-state index in [0.717, 1.165) is 37.0 Å². The molecule has 1 heterocycles. The number of benzene rings is 2. The minimum Gasteiger partial charge on any atom is -0.394 e. The first-order valence-electron chi connectivity index (χ1n) is 11.4. The van der Waals surface area contributed by atoms with E-state index in [1.54, 1.807) is 6.07 Å². The van der Waals surface area contributed by atoms with Gasteiger partial charge in [-0.2, -0.15) is 18.4 Å². The van der Waals surface area contributed by atoms with Crippen molar-refractivity contribution in [3.8, 4) is 6.07 Å². The number of hydrogen-bond acceptors (Lipinski definition) is 6. The van der Waals surface area contributed by atoms with Crippen molar-refractivity contribution < 1.29 is 32.5 Å². The second-order valence-corrected chi connectivity index (χ2v) is 7.97. The SMILES string of the molecule is N#C/C(C(=O)NCCOCCOCCO)=C(\c1ccc2cccc(N3CCCC3)c2c1)C(F)(F)F. The second-order valence-electron chi connectivity index (χ2n) is 7.97. The maximum atomic E-state index is 14.1. The van der Waals surface area contributed by atoms with Crippen molar-refractivity contribution >= 4 is 27.9 Å². The van der Waals surface area contributed by atoms with E-state index in [2.05, 4.69) is 10.2 Å². The largest absolute Gasteiger partial charge is 0.418 e. The molecular weight excluding hydrogens is 463 g/mol. The number of hydrogen-bond donors (Lipinski definition) is 2. The van der Waals surface area contributed by atoms with Crippen LogP contribution in [0.3, 0.4) is 0 Å². The van der Waals surface area contributed by atoms with E-state index in [9.17, 15) is 23.2 Å². The van der Waals surface area contributed by atoms with Gasteiger partial charge in [-0.3, -0.25) is 4.79 Å². The smallest absolute Gasteiger partial charge is 0.394 e. The highest BCUT2D eigenvalue weighted by molar-refractivity contribution is 6.07. The number of aliphatic hydroxyl groups excluding tert-OH is 1. The molecule has 188 valence electrons. The van der Waals surface area contributed by atoms with Crippen LogP contribution in [-0.2, 0) is 14.3 Å². The van der Waals surface area contributed by atoms with Gasteiger partial charge >= 0.3 is 6.18 Å². The maximum Gasteiger partial charge on any atom is 0.418 e. The number of nitrogens with zero attached hydrogens (tertiary/aromatic N) is 2. The molecule has 2 aromatic rings. The van der Waals surface area contributed by atoms with Gasteiger partial charge < -0.3 is 24.8 Å². The summed E-state index contributed by atoms with van der Waals surface area (Å²) in [6.45, 7) is 2.09. The van der Waals surface area contributed by atoms with Gasteiger partial charge in [-0.25, -0.2) is 0 Å². The third-order valence-corrected chi connectivity index (χ3v) is 5.61. The zero-order valence-corrected chi connectivity index (χ0v) is 19.2. The van der Waals surface area contributed by atoms with E-state index >= 15 is 0 Å². The van der Waals surface area contributed by atoms with Crippen LogP contribution in [0.15, 0.2) is 42.0 Å². The number of nitriles is 1. The molecule has 1 saturated heterocycles. The van der Waals surface area contributed by atoms with Gasteiger partial charge in [0.15, 0.2) is 0 Å². The molecule has 0 bridgehead atoms.